The van der Waals surface area contributed by atoms with Crippen molar-refractivity contribution in [1.82, 2.24) is 0 Å². The fourth-order valence-electron chi connectivity index (χ4n) is 4.92. The van der Waals surface area contributed by atoms with Gasteiger partial charge in [0.15, 0.2) is 12.2 Å². The van der Waals surface area contributed by atoms with E-state index in [2.05, 4.69) is 50.2 Å². The molecule has 2 heterocycles. The van der Waals surface area contributed by atoms with Gasteiger partial charge >= 0.3 is 11.9 Å². The number of carbonyl (C=O) groups excluding carboxylic acids is 2. The van der Waals surface area contributed by atoms with Crippen molar-refractivity contribution in [3.05, 3.63) is 58.7 Å². The molecular formula is C28H30O6. The second-order valence-electron chi connectivity index (χ2n) is 9.27. The lowest BCUT2D eigenvalue weighted by Gasteiger charge is -2.24. The number of fused-ring (bicyclic) bond motifs is 2. The van der Waals surface area contributed by atoms with E-state index in [0.717, 1.165) is 56.6 Å². The Hall–Kier alpha value is -2.96. The van der Waals surface area contributed by atoms with Crippen LogP contribution in [0.1, 0.15) is 47.9 Å². The highest BCUT2D eigenvalue weighted by molar-refractivity contribution is 6.06. The van der Waals surface area contributed by atoms with E-state index in [1.54, 1.807) is 0 Å². The SMILES string of the molecule is Cc1ccc2c(COC3CCCOC3=O)c3cc(C)ccc3c(COC3CCCOC3=O)c2c1. The molecule has 0 N–H and O–H groups in total. The van der Waals surface area contributed by atoms with Crippen molar-refractivity contribution in [2.24, 2.45) is 0 Å². The number of cyclic esters (lactones) is 2. The number of ether oxygens (including phenoxy) is 4. The zero-order valence-electron chi connectivity index (χ0n) is 19.7. The van der Waals surface area contributed by atoms with Gasteiger partial charge in [-0.2, -0.15) is 0 Å². The Morgan fingerprint density at radius 1 is 0.706 bits per heavy atom. The highest BCUT2D eigenvalue weighted by Gasteiger charge is 2.27. The molecule has 3 aromatic carbocycles. The van der Waals surface area contributed by atoms with Gasteiger partial charge in [0.05, 0.1) is 26.4 Å². The summed E-state index contributed by atoms with van der Waals surface area (Å²) in [6.07, 6.45) is 1.92. The van der Waals surface area contributed by atoms with Crippen LogP contribution < -0.4 is 0 Å². The largest absolute Gasteiger partial charge is 0.464 e. The third-order valence-corrected chi connectivity index (χ3v) is 6.74. The smallest absolute Gasteiger partial charge is 0.335 e. The lowest BCUT2D eigenvalue weighted by molar-refractivity contribution is -0.164. The summed E-state index contributed by atoms with van der Waals surface area (Å²) in [7, 11) is 0. The number of rotatable bonds is 6. The van der Waals surface area contributed by atoms with Gasteiger partial charge in [-0.25, -0.2) is 9.59 Å². The Kier molecular flexibility index (Phi) is 6.53. The first-order valence-corrected chi connectivity index (χ1v) is 12.0. The molecule has 0 aromatic heterocycles. The number of hydrogen-bond acceptors (Lipinski definition) is 6. The molecule has 0 spiro atoms. The molecule has 2 aliphatic rings. The number of hydrogen-bond donors (Lipinski definition) is 0. The summed E-state index contributed by atoms with van der Waals surface area (Å²) in [4.78, 5) is 24.3. The van der Waals surface area contributed by atoms with Crippen molar-refractivity contribution >= 4 is 33.5 Å². The van der Waals surface area contributed by atoms with E-state index < -0.39 is 12.2 Å². The second-order valence-corrected chi connectivity index (χ2v) is 9.27. The topological polar surface area (TPSA) is 71.1 Å². The Balaban J connectivity index is 1.57. The molecule has 0 amide bonds. The summed E-state index contributed by atoms with van der Waals surface area (Å²) in [6, 6.07) is 12.7. The van der Waals surface area contributed by atoms with Crippen molar-refractivity contribution in [1.29, 1.82) is 0 Å². The first-order chi connectivity index (χ1) is 16.5. The number of benzene rings is 3. The van der Waals surface area contributed by atoms with Gasteiger partial charge in [0.25, 0.3) is 0 Å². The van der Waals surface area contributed by atoms with E-state index in [-0.39, 0.29) is 11.9 Å². The van der Waals surface area contributed by atoms with Gasteiger partial charge in [-0.05, 0) is 72.2 Å². The van der Waals surface area contributed by atoms with Crippen LogP contribution in [0.4, 0.5) is 0 Å². The fourth-order valence-corrected chi connectivity index (χ4v) is 4.92. The molecule has 2 unspecified atom stereocenters. The summed E-state index contributed by atoms with van der Waals surface area (Å²) in [5, 5.41) is 4.28. The summed E-state index contributed by atoms with van der Waals surface area (Å²) in [5.74, 6) is -0.562. The van der Waals surface area contributed by atoms with E-state index >= 15 is 0 Å². The van der Waals surface area contributed by atoms with Crippen LogP contribution in [0.2, 0.25) is 0 Å². The fraction of sp³-hybridized carbons (Fsp3) is 0.429. The first kappa shape index (κ1) is 22.8. The summed E-state index contributed by atoms with van der Waals surface area (Å²) in [5.41, 5.74) is 4.38. The van der Waals surface area contributed by atoms with Crippen LogP contribution >= 0.6 is 0 Å². The molecule has 178 valence electrons. The monoisotopic (exact) mass is 462 g/mol. The van der Waals surface area contributed by atoms with Crippen molar-refractivity contribution in [3.8, 4) is 0 Å². The molecule has 2 aliphatic heterocycles. The van der Waals surface area contributed by atoms with Gasteiger partial charge in [-0.1, -0.05) is 47.5 Å². The normalized spacial score (nSPS) is 21.0. The van der Waals surface area contributed by atoms with Gasteiger partial charge in [0, 0.05) is 0 Å². The first-order valence-electron chi connectivity index (χ1n) is 12.0. The highest BCUT2D eigenvalue weighted by atomic mass is 16.6. The Morgan fingerprint density at radius 3 is 1.56 bits per heavy atom. The lowest BCUT2D eigenvalue weighted by Crippen LogP contribution is -2.31. The molecule has 6 nitrogen and oxygen atoms in total. The average molecular weight is 463 g/mol. The van der Waals surface area contributed by atoms with Crippen molar-refractivity contribution in [2.45, 2.75) is 65.0 Å². The van der Waals surface area contributed by atoms with Crippen LogP contribution in [0, 0.1) is 13.8 Å². The Morgan fingerprint density at radius 2 is 1.15 bits per heavy atom. The average Bonchev–Trinajstić information content (AvgIpc) is 2.83. The van der Waals surface area contributed by atoms with Crippen LogP contribution in [0.15, 0.2) is 36.4 Å². The maximum absolute atomic E-state index is 12.2. The van der Waals surface area contributed by atoms with Crippen LogP contribution in [0.3, 0.4) is 0 Å². The number of esters is 2. The zero-order valence-corrected chi connectivity index (χ0v) is 19.7. The number of carbonyl (C=O) groups is 2. The standard InChI is InChI=1S/C28H30O6/c1-17-7-9-19-21(13-17)23(15-33-25-5-3-11-31-27(25)29)20-10-8-18(2)14-22(20)24(19)16-34-26-6-4-12-32-28(26)30/h7-10,13-14,25-26H,3-6,11-12,15-16H2,1-2H3. The summed E-state index contributed by atoms with van der Waals surface area (Å²) < 4.78 is 22.6. The van der Waals surface area contributed by atoms with E-state index in [1.807, 2.05) is 0 Å². The van der Waals surface area contributed by atoms with Crippen LogP contribution in [-0.4, -0.2) is 37.4 Å². The van der Waals surface area contributed by atoms with E-state index in [1.165, 1.54) is 0 Å². The van der Waals surface area contributed by atoms with Crippen molar-refractivity contribution in [2.75, 3.05) is 13.2 Å². The minimum Gasteiger partial charge on any atom is -0.464 e. The molecule has 2 fully saturated rings. The number of aryl methyl sites for hydroxylation is 2. The van der Waals surface area contributed by atoms with Crippen LogP contribution in [0.5, 0.6) is 0 Å². The van der Waals surface area contributed by atoms with Gasteiger partial charge < -0.3 is 18.9 Å². The predicted octanol–water partition coefficient (Wildman–Crippen LogP) is 5.05. The Labute approximate surface area is 199 Å². The molecule has 0 saturated carbocycles. The van der Waals surface area contributed by atoms with Gasteiger partial charge in [-0.3, -0.25) is 0 Å². The molecule has 34 heavy (non-hydrogen) atoms. The summed E-state index contributed by atoms with van der Waals surface area (Å²) in [6.45, 7) is 5.69. The molecule has 2 saturated heterocycles. The third kappa shape index (κ3) is 4.52. The zero-order chi connectivity index (χ0) is 23.7. The minimum absolute atomic E-state index is 0.281. The van der Waals surface area contributed by atoms with E-state index in [9.17, 15) is 9.59 Å². The maximum atomic E-state index is 12.2. The Bertz CT molecular complexity index is 1150. The molecule has 0 radical (unpaired) electrons. The van der Waals surface area contributed by atoms with Crippen molar-refractivity contribution < 1.29 is 28.5 Å². The summed E-state index contributed by atoms with van der Waals surface area (Å²) >= 11 is 0. The molecule has 0 aliphatic carbocycles. The molecular weight excluding hydrogens is 432 g/mol. The van der Waals surface area contributed by atoms with Gasteiger partial charge in [0.1, 0.15) is 0 Å². The quantitative estimate of drug-likeness (QED) is 0.377. The molecule has 5 rings (SSSR count). The van der Waals surface area contributed by atoms with Crippen LogP contribution in [-0.2, 0) is 41.8 Å². The molecule has 6 heteroatoms. The maximum Gasteiger partial charge on any atom is 0.335 e. The van der Waals surface area contributed by atoms with E-state index in [0.29, 0.717) is 39.3 Å². The van der Waals surface area contributed by atoms with Gasteiger partial charge in [0.2, 0.25) is 0 Å². The van der Waals surface area contributed by atoms with Crippen molar-refractivity contribution in [3.63, 3.8) is 0 Å². The van der Waals surface area contributed by atoms with E-state index in [4.69, 9.17) is 18.9 Å². The predicted molar refractivity (Wildman–Crippen MR) is 128 cm³/mol. The van der Waals surface area contributed by atoms with Gasteiger partial charge in [-0.15, -0.1) is 0 Å². The van der Waals surface area contributed by atoms with Crippen LogP contribution in [0.25, 0.3) is 21.5 Å². The molecule has 2 atom stereocenters. The second kappa shape index (κ2) is 9.72. The lowest BCUT2D eigenvalue weighted by atomic mass is 9.90. The molecule has 3 aromatic rings. The highest BCUT2D eigenvalue weighted by Crippen LogP contribution is 2.36. The third-order valence-electron chi connectivity index (χ3n) is 6.74. The molecule has 0 bridgehead atoms. The minimum atomic E-state index is -0.533.